The van der Waals surface area contributed by atoms with E-state index in [1.165, 1.54) is 10.4 Å². The molecule has 2 rings (SSSR count). The van der Waals surface area contributed by atoms with E-state index in [1.54, 1.807) is 11.3 Å². The molecular formula is C19H27N3OS. The Balaban J connectivity index is 1.77. The van der Waals surface area contributed by atoms with Crippen molar-refractivity contribution in [2.75, 3.05) is 33.8 Å². The Labute approximate surface area is 149 Å². The van der Waals surface area contributed by atoms with Crippen LogP contribution in [0.1, 0.15) is 17.4 Å². The summed E-state index contributed by atoms with van der Waals surface area (Å²) >= 11 is 1.81. The predicted octanol–water partition coefficient (Wildman–Crippen LogP) is 3.44. The molecule has 0 radical (unpaired) electrons. The van der Waals surface area contributed by atoms with Crippen LogP contribution in [0.3, 0.4) is 0 Å². The Morgan fingerprint density at radius 1 is 1.25 bits per heavy atom. The average Bonchev–Trinajstić information content (AvgIpc) is 3.11. The van der Waals surface area contributed by atoms with E-state index in [1.807, 2.05) is 26.1 Å². The minimum Gasteiger partial charge on any atom is -0.494 e. The Hall–Kier alpha value is -2.01. The lowest BCUT2D eigenvalue weighted by Gasteiger charge is -2.22. The maximum absolute atomic E-state index is 5.55. The standard InChI is InChI=1S/C19H27N3OS/c1-4-23-17-8-5-7-16(15-17)10-12-21-19(20-2)22(3)13-11-18-9-6-14-24-18/h5-9,14-15H,4,10-13H2,1-3H3,(H,20,21). The number of nitrogens with zero attached hydrogens (tertiary/aromatic N) is 2. The molecule has 0 saturated heterocycles. The number of thiophene rings is 1. The maximum Gasteiger partial charge on any atom is 0.193 e. The average molecular weight is 346 g/mol. The number of benzene rings is 1. The highest BCUT2D eigenvalue weighted by Crippen LogP contribution is 2.13. The van der Waals surface area contributed by atoms with Gasteiger partial charge in [-0.1, -0.05) is 18.2 Å². The molecule has 0 unspecified atom stereocenters. The number of likely N-dealkylation sites (N-methyl/N-ethyl adjacent to an activating group) is 1. The normalized spacial score (nSPS) is 11.4. The topological polar surface area (TPSA) is 36.9 Å². The van der Waals surface area contributed by atoms with Gasteiger partial charge in [0.2, 0.25) is 0 Å². The van der Waals surface area contributed by atoms with Crippen molar-refractivity contribution in [1.82, 2.24) is 10.2 Å². The van der Waals surface area contributed by atoms with Crippen LogP contribution in [0.25, 0.3) is 0 Å². The van der Waals surface area contributed by atoms with Gasteiger partial charge in [0, 0.05) is 32.1 Å². The zero-order valence-corrected chi connectivity index (χ0v) is 15.6. The van der Waals surface area contributed by atoms with Crippen LogP contribution in [0.2, 0.25) is 0 Å². The Morgan fingerprint density at radius 2 is 2.12 bits per heavy atom. The Bertz CT molecular complexity index is 625. The van der Waals surface area contributed by atoms with E-state index in [2.05, 4.69) is 51.9 Å². The van der Waals surface area contributed by atoms with Gasteiger partial charge < -0.3 is 15.0 Å². The number of hydrogen-bond acceptors (Lipinski definition) is 3. The molecular weight excluding hydrogens is 318 g/mol. The van der Waals surface area contributed by atoms with Crippen molar-refractivity contribution in [3.63, 3.8) is 0 Å². The second-order valence-corrected chi connectivity index (χ2v) is 6.59. The first-order valence-corrected chi connectivity index (χ1v) is 9.26. The molecule has 130 valence electrons. The zero-order chi connectivity index (χ0) is 17.2. The van der Waals surface area contributed by atoms with Crippen LogP contribution in [0.15, 0.2) is 46.8 Å². The Kier molecular flexibility index (Phi) is 7.62. The number of hydrogen-bond donors (Lipinski definition) is 1. The molecule has 0 saturated carbocycles. The lowest BCUT2D eigenvalue weighted by Crippen LogP contribution is -2.40. The van der Waals surface area contributed by atoms with Crippen molar-refractivity contribution in [3.8, 4) is 5.75 Å². The van der Waals surface area contributed by atoms with E-state index in [0.717, 1.165) is 37.6 Å². The highest BCUT2D eigenvalue weighted by molar-refractivity contribution is 7.09. The van der Waals surface area contributed by atoms with E-state index in [4.69, 9.17) is 4.74 Å². The molecule has 1 N–H and O–H groups in total. The highest BCUT2D eigenvalue weighted by atomic mass is 32.1. The third-order valence-corrected chi connectivity index (χ3v) is 4.69. The molecule has 0 fully saturated rings. The molecule has 1 heterocycles. The van der Waals surface area contributed by atoms with Crippen LogP contribution < -0.4 is 10.1 Å². The molecule has 0 aliphatic carbocycles. The third kappa shape index (κ3) is 5.89. The summed E-state index contributed by atoms with van der Waals surface area (Å²) in [6.45, 7) is 4.51. The maximum atomic E-state index is 5.55. The van der Waals surface area contributed by atoms with Gasteiger partial charge in [0.1, 0.15) is 5.75 Å². The van der Waals surface area contributed by atoms with Gasteiger partial charge >= 0.3 is 0 Å². The number of aliphatic imine (C=N–C) groups is 1. The van der Waals surface area contributed by atoms with Gasteiger partial charge in [-0.25, -0.2) is 0 Å². The van der Waals surface area contributed by atoms with Crippen LogP contribution in [-0.4, -0.2) is 44.7 Å². The van der Waals surface area contributed by atoms with Gasteiger partial charge in [-0.3, -0.25) is 4.99 Å². The van der Waals surface area contributed by atoms with E-state index in [0.29, 0.717) is 6.61 Å². The van der Waals surface area contributed by atoms with Gasteiger partial charge in [0.25, 0.3) is 0 Å². The number of rotatable bonds is 8. The highest BCUT2D eigenvalue weighted by Gasteiger charge is 2.06. The van der Waals surface area contributed by atoms with Crippen LogP contribution in [0, 0.1) is 0 Å². The van der Waals surface area contributed by atoms with E-state index in [9.17, 15) is 0 Å². The van der Waals surface area contributed by atoms with Gasteiger partial charge in [-0.05, 0) is 48.9 Å². The molecule has 0 aliphatic heterocycles. The molecule has 5 heteroatoms. The summed E-state index contributed by atoms with van der Waals surface area (Å²) in [5.74, 6) is 1.87. The minimum absolute atomic E-state index is 0.698. The molecule has 0 aliphatic rings. The van der Waals surface area contributed by atoms with Gasteiger partial charge in [-0.2, -0.15) is 0 Å². The summed E-state index contributed by atoms with van der Waals surface area (Å²) in [4.78, 5) is 7.96. The first-order chi connectivity index (χ1) is 11.7. The first kappa shape index (κ1) is 18.3. The molecule has 2 aromatic rings. The summed E-state index contributed by atoms with van der Waals surface area (Å²) < 4.78 is 5.55. The molecule has 1 aromatic carbocycles. The number of ether oxygens (including phenoxy) is 1. The second kappa shape index (κ2) is 9.98. The summed E-state index contributed by atoms with van der Waals surface area (Å²) in [6, 6.07) is 12.6. The molecule has 1 aromatic heterocycles. The van der Waals surface area contributed by atoms with Gasteiger partial charge in [0.15, 0.2) is 5.96 Å². The summed E-state index contributed by atoms with van der Waals surface area (Å²) in [5, 5.41) is 5.56. The summed E-state index contributed by atoms with van der Waals surface area (Å²) in [5.41, 5.74) is 1.27. The fourth-order valence-corrected chi connectivity index (χ4v) is 3.20. The fraction of sp³-hybridized carbons (Fsp3) is 0.421. The zero-order valence-electron chi connectivity index (χ0n) is 14.8. The van der Waals surface area contributed by atoms with Crippen molar-refractivity contribution in [3.05, 3.63) is 52.2 Å². The molecule has 0 amide bonds. The SMILES string of the molecule is CCOc1cccc(CCNC(=NC)N(C)CCc2cccs2)c1. The molecule has 0 spiro atoms. The van der Waals surface area contributed by atoms with Crippen LogP contribution in [-0.2, 0) is 12.8 Å². The van der Waals surface area contributed by atoms with Crippen molar-refractivity contribution in [2.45, 2.75) is 19.8 Å². The van der Waals surface area contributed by atoms with Crippen molar-refractivity contribution in [2.24, 2.45) is 4.99 Å². The lowest BCUT2D eigenvalue weighted by atomic mass is 10.1. The van der Waals surface area contributed by atoms with Crippen molar-refractivity contribution >= 4 is 17.3 Å². The third-order valence-electron chi connectivity index (χ3n) is 3.75. The fourth-order valence-electron chi connectivity index (χ4n) is 2.50. The van der Waals surface area contributed by atoms with Gasteiger partial charge in [-0.15, -0.1) is 11.3 Å². The van der Waals surface area contributed by atoms with Crippen LogP contribution in [0.4, 0.5) is 0 Å². The molecule has 0 bridgehead atoms. The summed E-state index contributed by atoms with van der Waals surface area (Å²) in [6.07, 6.45) is 1.99. The smallest absolute Gasteiger partial charge is 0.193 e. The number of guanidine groups is 1. The van der Waals surface area contributed by atoms with E-state index in [-0.39, 0.29) is 0 Å². The Morgan fingerprint density at radius 3 is 2.83 bits per heavy atom. The molecule has 24 heavy (non-hydrogen) atoms. The lowest BCUT2D eigenvalue weighted by molar-refractivity contribution is 0.340. The molecule has 0 atom stereocenters. The largest absolute Gasteiger partial charge is 0.494 e. The van der Waals surface area contributed by atoms with Gasteiger partial charge in [0.05, 0.1) is 6.61 Å². The first-order valence-electron chi connectivity index (χ1n) is 8.38. The quantitative estimate of drug-likeness (QED) is 0.588. The molecule has 4 nitrogen and oxygen atoms in total. The summed E-state index contributed by atoms with van der Waals surface area (Å²) in [7, 11) is 3.92. The van der Waals surface area contributed by atoms with Crippen molar-refractivity contribution in [1.29, 1.82) is 0 Å². The minimum atomic E-state index is 0.698. The second-order valence-electron chi connectivity index (χ2n) is 5.56. The van der Waals surface area contributed by atoms with E-state index >= 15 is 0 Å². The predicted molar refractivity (Wildman–Crippen MR) is 103 cm³/mol. The monoisotopic (exact) mass is 345 g/mol. The number of nitrogens with one attached hydrogen (secondary N) is 1. The van der Waals surface area contributed by atoms with Crippen LogP contribution in [0.5, 0.6) is 5.75 Å². The van der Waals surface area contributed by atoms with E-state index < -0.39 is 0 Å². The van der Waals surface area contributed by atoms with Crippen molar-refractivity contribution < 1.29 is 4.74 Å². The van der Waals surface area contributed by atoms with Crippen LogP contribution >= 0.6 is 11.3 Å².